The number of hydrogen-bond acceptors (Lipinski definition) is 4. The number of carboxylic acid groups (broad SMARTS) is 1. The van der Waals surface area contributed by atoms with Gasteiger partial charge in [0.25, 0.3) is 11.6 Å². The van der Waals surface area contributed by atoms with Gasteiger partial charge in [0.1, 0.15) is 12.4 Å². The van der Waals surface area contributed by atoms with Crippen LogP contribution in [0.4, 0.5) is 10.1 Å². The predicted molar refractivity (Wildman–Crippen MR) is 69.3 cm³/mol. The molecule has 0 aliphatic heterocycles. The van der Waals surface area contributed by atoms with Crippen molar-refractivity contribution >= 4 is 17.6 Å². The smallest absolute Gasteiger partial charge is 0.323 e. The van der Waals surface area contributed by atoms with E-state index < -0.39 is 40.4 Å². The molecule has 1 N–H and O–H groups in total. The Bertz CT molecular complexity index is 600. The molecule has 0 atom stereocenters. The van der Waals surface area contributed by atoms with Crippen LogP contribution in [-0.2, 0) is 4.79 Å². The Morgan fingerprint density at radius 2 is 2.10 bits per heavy atom. The molecule has 0 saturated heterocycles. The highest BCUT2D eigenvalue weighted by molar-refractivity contribution is 5.96. The lowest BCUT2D eigenvalue weighted by atomic mass is 10.1. The molecule has 1 fully saturated rings. The minimum absolute atomic E-state index is 0.216. The predicted octanol–water partition coefficient (Wildman–Crippen LogP) is 1.67. The van der Waals surface area contributed by atoms with Gasteiger partial charge in [0.15, 0.2) is 0 Å². The van der Waals surface area contributed by atoms with E-state index in [0.29, 0.717) is 0 Å². The fourth-order valence-electron chi connectivity index (χ4n) is 1.96. The monoisotopic (exact) mass is 296 g/mol. The van der Waals surface area contributed by atoms with Crippen LogP contribution in [0.1, 0.15) is 23.2 Å². The lowest BCUT2D eigenvalue weighted by Gasteiger charge is -2.20. The molecule has 0 spiro atoms. The van der Waals surface area contributed by atoms with Gasteiger partial charge in [-0.2, -0.15) is 0 Å². The number of carbonyl (C=O) groups is 2. The van der Waals surface area contributed by atoms with Crippen LogP contribution in [0.15, 0.2) is 18.2 Å². The molecule has 0 unspecified atom stereocenters. The summed E-state index contributed by atoms with van der Waals surface area (Å²) in [7, 11) is 0. The van der Waals surface area contributed by atoms with Gasteiger partial charge in [-0.15, -0.1) is 0 Å². The molecule has 1 aromatic carbocycles. The summed E-state index contributed by atoms with van der Waals surface area (Å²) >= 11 is 0. The second-order valence-electron chi connectivity index (χ2n) is 4.94. The fourth-order valence-corrected chi connectivity index (χ4v) is 1.96. The van der Waals surface area contributed by atoms with Gasteiger partial charge in [-0.25, -0.2) is 4.39 Å². The third-order valence-corrected chi connectivity index (χ3v) is 3.18. The van der Waals surface area contributed by atoms with E-state index in [1.165, 1.54) is 0 Å². The van der Waals surface area contributed by atoms with E-state index in [9.17, 15) is 24.1 Å². The Morgan fingerprint density at radius 3 is 2.62 bits per heavy atom. The molecule has 7 nitrogen and oxygen atoms in total. The number of nitro benzene ring substituents is 1. The van der Waals surface area contributed by atoms with E-state index >= 15 is 0 Å². The van der Waals surface area contributed by atoms with Gasteiger partial charge in [-0.1, -0.05) is 0 Å². The van der Waals surface area contributed by atoms with Crippen molar-refractivity contribution in [3.63, 3.8) is 0 Å². The van der Waals surface area contributed by atoms with E-state index in [1.54, 1.807) is 0 Å². The summed E-state index contributed by atoms with van der Waals surface area (Å²) in [6.45, 7) is -0.343. The summed E-state index contributed by atoms with van der Waals surface area (Å²) in [4.78, 5) is 34.0. The summed E-state index contributed by atoms with van der Waals surface area (Å²) in [6.07, 6.45) is 1.78. The highest BCUT2D eigenvalue weighted by Gasteiger charge is 2.30. The second kappa shape index (κ2) is 5.86. The summed E-state index contributed by atoms with van der Waals surface area (Å²) in [6, 6.07) is 2.62. The van der Waals surface area contributed by atoms with Crippen LogP contribution in [0.2, 0.25) is 0 Å². The van der Waals surface area contributed by atoms with Crippen molar-refractivity contribution in [2.24, 2.45) is 5.92 Å². The van der Waals surface area contributed by atoms with Crippen molar-refractivity contribution in [2.75, 3.05) is 13.1 Å². The van der Waals surface area contributed by atoms with Crippen LogP contribution < -0.4 is 0 Å². The molecule has 1 amide bonds. The number of hydrogen-bond donors (Lipinski definition) is 1. The average molecular weight is 296 g/mol. The van der Waals surface area contributed by atoms with E-state index in [4.69, 9.17) is 5.11 Å². The SMILES string of the molecule is O=C(O)CN(CC1CC1)C(=O)c1cc([N+](=O)[O-])ccc1F. The second-order valence-corrected chi connectivity index (χ2v) is 4.94. The van der Waals surface area contributed by atoms with Gasteiger partial charge in [0.2, 0.25) is 0 Å². The number of halogens is 1. The first kappa shape index (κ1) is 14.9. The molecule has 2 rings (SSSR count). The van der Waals surface area contributed by atoms with E-state index in [2.05, 4.69) is 0 Å². The molecule has 1 saturated carbocycles. The Hall–Kier alpha value is -2.51. The quantitative estimate of drug-likeness (QED) is 0.635. The van der Waals surface area contributed by atoms with Gasteiger partial charge in [0, 0.05) is 18.7 Å². The van der Waals surface area contributed by atoms with Crippen LogP contribution in [0.5, 0.6) is 0 Å². The minimum Gasteiger partial charge on any atom is -0.480 e. The van der Waals surface area contributed by atoms with Crippen LogP contribution in [-0.4, -0.2) is 39.9 Å². The summed E-state index contributed by atoms with van der Waals surface area (Å²) in [5.74, 6) is -2.74. The standard InChI is InChI=1S/C13H13FN2O5/c14-11-4-3-9(16(20)21)5-10(11)13(19)15(7-12(17)18)6-8-1-2-8/h3-5,8H,1-2,6-7H2,(H,17,18). The highest BCUT2D eigenvalue weighted by Crippen LogP contribution is 2.30. The summed E-state index contributed by atoms with van der Waals surface area (Å²) in [5, 5.41) is 19.5. The van der Waals surface area contributed by atoms with Crippen LogP contribution in [0.3, 0.4) is 0 Å². The molecule has 0 bridgehead atoms. The molecule has 0 aromatic heterocycles. The molecule has 0 radical (unpaired) electrons. The first-order chi connectivity index (χ1) is 9.88. The molecule has 21 heavy (non-hydrogen) atoms. The maximum absolute atomic E-state index is 13.7. The number of rotatable bonds is 6. The number of non-ortho nitro benzene ring substituents is 1. The Kier molecular flexibility index (Phi) is 4.15. The van der Waals surface area contributed by atoms with E-state index in [0.717, 1.165) is 35.9 Å². The zero-order chi connectivity index (χ0) is 15.6. The van der Waals surface area contributed by atoms with Crippen molar-refractivity contribution in [3.05, 3.63) is 39.7 Å². The van der Waals surface area contributed by atoms with E-state index in [-0.39, 0.29) is 12.5 Å². The molecular weight excluding hydrogens is 283 g/mol. The molecular formula is C13H13FN2O5. The van der Waals surface area contributed by atoms with E-state index in [1.807, 2.05) is 0 Å². The van der Waals surface area contributed by atoms with Crippen LogP contribution in [0, 0.1) is 21.8 Å². The average Bonchev–Trinajstić information content (AvgIpc) is 3.21. The Balaban J connectivity index is 2.27. The zero-order valence-electron chi connectivity index (χ0n) is 11.0. The van der Waals surface area contributed by atoms with Gasteiger partial charge in [-0.05, 0) is 24.8 Å². The maximum atomic E-state index is 13.7. The lowest BCUT2D eigenvalue weighted by molar-refractivity contribution is -0.384. The van der Waals surface area contributed by atoms with Gasteiger partial charge >= 0.3 is 5.97 Å². The van der Waals surface area contributed by atoms with Gasteiger partial charge in [-0.3, -0.25) is 19.7 Å². The van der Waals surface area contributed by atoms with Gasteiger partial charge in [0.05, 0.1) is 10.5 Å². The molecule has 1 aliphatic rings. The maximum Gasteiger partial charge on any atom is 0.323 e. The number of aliphatic carboxylic acids is 1. The molecule has 112 valence electrons. The number of nitro groups is 1. The molecule has 1 aliphatic carbocycles. The summed E-state index contributed by atoms with van der Waals surface area (Å²) < 4.78 is 13.7. The first-order valence-corrected chi connectivity index (χ1v) is 6.33. The third-order valence-electron chi connectivity index (χ3n) is 3.18. The molecule has 1 aromatic rings. The van der Waals surface area contributed by atoms with Crippen LogP contribution >= 0.6 is 0 Å². The zero-order valence-corrected chi connectivity index (χ0v) is 11.0. The number of carboxylic acids is 1. The number of amides is 1. The first-order valence-electron chi connectivity index (χ1n) is 6.33. The van der Waals surface area contributed by atoms with Crippen LogP contribution in [0.25, 0.3) is 0 Å². The lowest BCUT2D eigenvalue weighted by Crippen LogP contribution is -2.37. The van der Waals surface area contributed by atoms with Crippen molar-refractivity contribution in [3.8, 4) is 0 Å². The molecule has 8 heteroatoms. The van der Waals surface area contributed by atoms with Gasteiger partial charge < -0.3 is 10.0 Å². The number of benzene rings is 1. The Morgan fingerprint density at radius 1 is 1.43 bits per heavy atom. The third kappa shape index (κ3) is 3.74. The van der Waals surface area contributed by atoms with Crippen molar-refractivity contribution in [1.82, 2.24) is 4.90 Å². The van der Waals surface area contributed by atoms with Crippen molar-refractivity contribution in [1.29, 1.82) is 0 Å². The Labute approximate surface area is 119 Å². The van der Waals surface area contributed by atoms with Crippen molar-refractivity contribution in [2.45, 2.75) is 12.8 Å². The number of nitrogens with zero attached hydrogens (tertiary/aromatic N) is 2. The minimum atomic E-state index is -1.21. The largest absolute Gasteiger partial charge is 0.480 e. The highest BCUT2D eigenvalue weighted by atomic mass is 19.1. The number of carbonyl (C=O) groups excluding carboxylic acids is 1. The molecule has 0 heterocycles. The normalized spacial score (nSPS) is 13.8. The topological polar surface area (TPSA) is 101 Å². The fraction of sp³-hybridized carbons (Fsp3) is 0.385. The summed E-state index contributed by atoms with van der Waals surface area (Å²) in [5.41, 5.74) is -0.896. The van der Waals surface area contributed by atoms with Crippen molar-refractivity contribution < 1.29 is 24.0 Å².